The van der Waals surface area contributed by atoms with E-state index < -0.39 is 15.8 Å². The maximum Gasteiger partial charge on any atom is 0.302 e. The fraction of sp³-hybridized carbons (Fsp3) is 0.167. The Hall–Kier alpha value is -3.52. The number of aryl methyl sites for hydroxylation is 1. The molecule has 0 saturated heterocycles. The molecule has 0 aliphatic heterocycles. The van der Waals surface area contributed by atoms with Gasteiger partial charge in [-0.25, -0.2) is 12.8 Å². The SMILES string of the molecule is Cc1cccc2nc(NC(=O)C(Cc3ccc(F)cc3)c3ccc(S(C)(=O)=O)cc3)oc12. The molecule has 6 nitrogen and oxygen atoms in total. The van der Waals surface area contributed by atoms with Crippen LogP contribution in [-0.2, 0) is 21.1 Å². The maximum atomic E-state index is 13.3. The molecule has 1 heterocycles. The Kier molecular flexibility index (Phi) is 5.80. The Bertz CT molecular complexity index is 1380. The van der Waals surface area contributed by atoms with Crippen LogP contribution >= 0.6 is 0 Å². The number of aromatic nitrogens is 1. The summed E-state index contributed by atoms with van der Waals surface area (Å²) in [5, 5.41) is 2.72. The van der Waals surface area contributed by atoms with E-state index in [0.717, 1.165) is 17.4 Å². The number of carbonyl (C=O) groups excluding carboxylic acids is 1. The highest BCUT2D eigenvalue weighted by molar-refractivity contribution is 7.90. The van der Waals surface area contributed by atoms with Gasteiger partial charge in [-0.15, -0.1) is 0 Å². The van der Waals surface area contributed by atoms with Gasteiger partial charge in [0, 0.05) is 6.26 Å². The Morgan fingerprint density at radius 1 is 1.06 bits per heavy atom. The van der Waals surface area contributed by atoms with Gasteiger partial charge in [0.25, 0.3) is 0 Å². The van der Waals surface area contributed by atoms with Crippen molar-refractivity contribution in [2.24, 2.45) is 0 Å². The molecule has 0 saturated carbocycles. The quantitative estimate of drug-likeness (QED) is 0.460. The molecule has 8 heteroatoms. The lowest BCUT2D eigenvalue weighted by Crippen LogP contribution is -2.23. The molecule has 0 radical (unpaired) electrons. The van der Waals surface area contributed by atoms with Gasteiger partial charge in [-0.2, -0.15) is 4.98 Å². The monoisotopic (exact) mass is 452 g/mol. The van der Waals surface area contributed by atoms with Gasteiger partial charge in [0.2, 0.25) is 5.91 Å². The summed E-state index contributed by atoms with van der Waals surface area (Å²) < 4.78 is 42.6. The topological polar surface area (TPSA) is 89.3 Å². The first-order chi connectivity index (χ1) is 15.2. The summed E-state index contributed by atoms with van der Waals surface area (Å²) in [7, 11) is -3.36. The van der Waals surface area contributed by atoms with E-state index in [1.807, 2.05) is 19.1 Å². The molecule has 1 N–H and O–H groups in total. The predicted octanol–water partition coefficient (Wildman–Crippen LogP) is 4.64. The fourth-order valence-electron chi connectivity index (χ4n) is 3.50. The van der Waals surface area contributed by atoms with Crippen molar-refractivity contribution in [3.63, 3.8) is 0 Å². The van der Waals surface area contributed by atoms with Crippen LogP contribution in [0.2, 0.25) is 0 Å². The number of hydrogen-bond donors (Lipinski definition) is 1. The first kappa shape index (κ1) is 21.7. The van der Waals surface area contributed by atoms with Crippen LogP contribution in [0.5, 0.6) is 0 Å². The van der Waals surface area contributed by atoms with Crippen molar-refractivity contribution in [2.45, 2.75) is 24.2 Å². The van der Waals surface area contributed by atoms with Crippen molar-refractivity contribution < 1.29 is 22.0 Å². The number of hydrogen-bond acceptors (Lipinski definition) is 5. The second-order valence-electron chi connectivity index (χ2n) is 7.66. The highest BCUT2D eigenvalue weighted by Gasteiger charge is 2.24. The van der Waals surface area contributed by atoms with Crippen molar-refractivity contribution in [2.75, 3.05) is 11.6 Å². The van der Waals surface area contributed by atoms with E-state index in [1.165, 1.54) is 24.3 Å². The number of fused-ring (bicyclic) bond motifs is 1. The summed E-state index contributed by atoms with van der Waals surface area (Å²) in [6.07, 6.45) is 1.41. The Morgan fingerprint density at radius 3 is 2.38 bits per heavy atom. The third kappa shape index (κ3) is 4.70. The number of nitrogens with zero attached hydrogens (tertiary/aromatic N) is 1. The van der Waals surface area contributed by atoms with E-state index in [1.54, 1.807) is 30.3 Å². The molecule has 1 amide bonds. The number of amides is 1. The number of halogens is 1. The van der Waals surface area contributed by atoms with Crippen LogP contribution < -0.4 is 5.32 Å². The molecule has 1 atom stereocenters. The molecule has 1 aromatic heterocycles. The van der Waals surface area contributed by atoms with Gasteiger partial charge in [0.05, 0.1) is 10.8 Å². The van der Waals surface area contributed by atoms with Gasteiger partial charge in [0.1, 0.15) is 11.3 Å². The average Bonchev–Trinajstić information content (AvgIpc) is 3.16. The fourth-order valence-corrected chi connectivity index (χ4v) is 4.13. The lowest BCUT2D eigenvalue weighted by Gasteiger charge is -2.17. The van der Waals surface area contributed by atoms with Crippen molar-refractivity contribution in [3.8, 4) is 0 Å². The normalized spacial score (nSPS) is 12.6. The van der Waals surface area contributed by atoms with E-state index in [0.29, 0.717) is 16.7 Å². The number of anilines is 1. The third-order valence-corrected chi connectivity index (χ3v) is 6.35. The summed E-state index contributed by atoms with van der Waals surface area (Å²) in [6, 6.07) is 17.7. The number of rotatable bonds is 6. The van der Waals surface area contributed by atoms with Crippen molar-refractivity contribution in [1.29, 1.82) is 0 Å². The minimum atomic E-state index is -3.36. The third-order valence-electron chi connectivity index (χ3n) is 5.22. The Morgan fingerprint density at radius 2 is 1.75 bits per heavy atom. The smallest absolute Gasteiger partial charge is 0.302 e. The van der Waals surface area contributed by atoms with Crippen LogP contribution in [0.25, 0.3) is 11.1 Å². The first-order valence-corrected chi connectivity index (χ1v) is 11.8. The Balaban J connectivity index is 1.66. The van der Waals surface area contributed by atoms with Gasteiger partial charge in [-0.05, 0) is 60.4 Å². The van der Waals surface area contributed by atoms with Crippen LogP contribution in [0.15, 0.2) is 76.0 Å². The van der Waals surface area contributed by atoms with Gasteiger partial charge in [-0.1, -0.05) is 36.4 Å². The van der Waals surface area contributed by atoms with Gasteiger partial charge < -0.3 is 4.42 Å². The molecule has 3 aromatic carbocycles. The summed E-state index contributed by atoms with van der Waals surface area (Å²) in [5.74, 6) is -1.41. The molecule has 32 heavy (non-hydrogen) atoms. The summed E-state index contributed by atoms with van der Waals surface area (Å²) >= 11 is 0. The van der Waals surface area contributed by atoms with Crippen LogP contribution in [0.4, 0.5) is 10.4 Å². The Labute approximate surface area is 185 Å². The van der Waals surface area contributed by atoms with Gasteiger partial charge >= 0.3 is 6.01 Å². The van der Waals surface area contributed by atoms with E-state index in [-0.39, 0.29) is 29.1 Å². The zero-order valence-corrected chi connectivity index (χ0v) is 18.3. The van der Waals surface area contributed by atoms with Crippen LogP contribution in [0, 0.1) is 12.7 Å². The summed E-state index contributed by atoms with van der Waals surface area (Å²) in [6.45, 7) is 1.89. The minimum absolute atomic E-state index is 0.0798. The van der Waals surface area contributed by atoms with Crippen LogP contribution in [-0.4, -0.2) is 25.6 Å². The molecule has 0 fully saturated rings. The first-order valence-electron chi connectivity index (χ1n) is 9.92. The molecular weight excluding hydrogens is 431 g/mol. The molecule has 0 bridgehead atoms. The number of nitrogens with one attached hydrogen (secondary N) is 1. The molecule has 164 valence electrons. The molecule has 0 aliphatic carbocycles. The molecule has 1 unspecified atom stereocenters. The summed E-state index contributed by atoms with van der Waals surface area (Å²) in [4.78, 5) is 17.7. The van der Waals surface area contributed by atoms with Crippen molar-refractivity contribution >= 4 is 32.9 Å². The van der Waals surface area contributed by atoms with Gasteiger partial charge in [-0.3, -0.25) is 10.1 Å². The molecule has 0 spiro atoms. The predicted molar refractivity (Wildman–Crippen MR) is 120 cm³/mol. The lowest BCUT2D eigenvalue weighted by atomic mass is 9.91. The van der Waals surface area contributed by atoms with E-state index in [9.17, 15) is 17.6 Å². The van der Waals surface area contributed by atoms with Crippen LogP contribution in [0.3, 0.4) is 0 Å². The van der Waals surface area contributed by atoms with Crippen LogP contribution in [0.1, 0.15) is 22.6 Å². The second-order valence-corrected chi connectivity index (χ2v) is 9.67. The standard InChI is InChI=1S/C24H21FN2O4S/c1-15-4-3-5-21-22(15)31-24(26-21)27-23(28)20(14-16-6-10-18(25)11-7-16)17-8-12-19(13-9-17)32(2,29)30/h3-13,20H,14H2,1-2H3,(H,26,27,28). The molecular formula is C24H21FN2O4S. The highest BCUT2D eigenvalue weighted by atomic mass is 32.2. The molecule has 4 aromatic rings. The zero-order valence-electron chi connectivity index (χ0n) is 17.5. The summed E-state index contributed by atoms with van der Waals surface area (Å²) in [5.41, 5.74) is 3.50. The number of sulfone groups is 1. The van der Waals surface area contributed by atoms with Crippen molar-refractivity contribution in [1.82, 2.24) is 4.98 Å². The number of para-hydroxylation sites is 1. The molecule has 0 aliphatic rings. The van der Waals surface area contributed by atoms with E-state index in [4.69, 9.17) is 4.42 Å². The second kappa shape index (κ2) is 8.55. The maximum absolute atomic E-state index is 13.3. The zero-order chi connectivity index (χ0) is 22.9. The van der Waals surface area contributed by atoms with Gasteiger partial charge in [0.15, 0.2) is 15.4 Å². The average molecular weight is 453 g/mol. The number of benzene rings is 3. The minimum Gasteiger partial charge on any atom is -0.423 e. The van der Waals surface area contributed by atoms with E-state index in [2.05, 4.69) is 10.3 Å². The number of oxazole rings is 1. The largest absolute Gasteiger partial charge is 0.423 e. The lowest BCUT2D eigenvalue weighted by molar-refractivity contribution is -0.117. The molecule has 4 rings (SSSR count). The number of carbonyl (C=O) groups is 1. The van der Waals surface area contributed by atoms with Crippen molar-refractivity contribution in [3.05, 3.63) is 89.2 Å². The van der Waals surface area contributed by atoms with E-state index >= 15 is 0 Å². The highest BCUT2D eigenvalue weighted by Crippen LogP contribution is 2.27.